The van der Waals surface area contributed by atoms with Crippen molar-refractivity contribution in [2.24, 2.45) is 17.3 Å². The van der Waals surface area contributed by atoms with Gasteiger partial charge in [-0.25, -0.2) is 0 Å². The van der Waals surface area contributed by atoms with Crippen LogP contribution in [0.1, 0.15) is 52.9 Å². The van der Waals surface area contributed by atoms with Crippen LogP contribution in [0.25, 0.3) is 0 Å². The molecule has 0 N–H and O–H groups in total. The van der Waals surface area contributed by atoms with Crippen LogP contribution >= 0.6 is 0 Å². The molecule has 2 heteroatoms. The Labute approximate surface area is 92.4 Å². The molecule has 0 aromatic carbocycles. The highest BCUT2D eigenvalue weighted by molar-refractivity contribution is 5.74. The first-order valence-corrected chi connectivity index (χ1v) is 6.26. The minimum atomic E-state index is 0.0331. The third-order valence-corrected chi connectivity index (χ3v) is 4.39. The highest BCUT2D eigenvalue weighted by atomic mass is 16.6. The van der Waals surface area contributed by atoms with Crippen LogP contribution in [0.5, 0.6) is 0 Å². The summed E-state index contributed by atoms with van der Waals surface area (Å²) in [5.74, 6) is 0.675. The Bertz CT molecular complexity index is 261. The normalized spacial score (nSPS) is 45.0. The summed E-state index contributed by atoms with van der Waals surface area (Å²) < 4.78 is 5.48. The topological polar surface area (TPSA) is 26.3 Å². The van der Waals surface area contributed by atoms with Gasteiger partial charge >= 0.3 is 5.97 Å². The number of hydrogen-bond acceptors (Lipinski definition) is 2. The third-order valence-electron chi connectivity index (χ3n) is 4.39. The maximum atomic E-state index is 11.5. The van der Waals surface area contributed by atoms with E-state index in [0.717, 1.165) is 6.42 Å². The fraction of sp³-hybridized carbons (Fsp3) is 0.923. The first kappa shape index (κ1) is 11.0. The van der Waals surface area contributed by atoms with Gasteiger partial charge in [0, 0.05) is 5.92 Å². The van der Waals surface area contributed by atoms with Crippen LogP contribution in [0, 0.1) is 17.3 Å². The second-order valence-electron chi connectivity index (χ2n) is 5.73. The molecule has 4 unspecified atom stereocenters. The Balaban J connectivity index is 2.05. The van der Waals surface area contributed by atoms with Crippen molar-refractivity contribution in [1.29, 1.82) is 0 Å². The first-order valence-electron chi connectivity index (χ1n) is 6.26. The lowest BCUT2D eigenvalue weighted by molar-refractivity contribution is -0.145. The van der Waals surface area contributed by atoms with Gasteiger partial charge in [0.1, 0.15) is 6.10 Å². The average Bonchev–Trinajstić information content (AvgIpc) is 2.42. The van der Waals surface area contributed by atoms with Crippen molar-refractivity contribution in [2.45, 2.75) is 59.0 Å². The number of carbonyl (C=O) groups excluding carboxylic acids is 1. The van der Waals surface area contributed by atoms with Crippen LogP contribution in [-0.4, -0.2) is 12.1 Å². The van der Waals surface area contributed by atoms with Crippen LogP contribution in [0.15, 0.2) is 0 Å². The first-order chi connectivity index (χ1) is 7.06. The zero-order chi connectivity index (χ0) is 11.1. The van der Waals surface area contributed by atoms with Crippen molar-refractivity contribution in [3.05, 3.63) is 0 Å². The Morgan fingerprint density at radius 3 is 2.93 bits per heavy atom. The molecule has 1 aliphatic heterocycles. The highest BCUT2D eigenvalue weighted by Crippen LogP contribution is 2.48. The van der Waals surface area contributed by atoms with Crippen molar-refractivity contribution >= 4 is 5.97 Å². The van der Waals surface area contributed by atoms with Crippen molar-refractivity contribution < 1.29 is 9.53 Å². The molecule has 2 aliphatic rings. The maximum Gasteiger partial charge on any atom is 0.309 e. The minimum Gasteiger partial charge on any atom is -0.462 e. The van der Waals surface area contributed by atoms with E-state index >= 15 is 0 Å². The second-order valence-corrected chi connectivity index (χ2v) is 5.73. The van der Waals surface area contributed by atoms with Crippen molar-refractivity contribution in [2.75, 3.05) is 0 Å². The van der Waals surface area contributed by atoms with E-state index in [-0.39, 0.29) is 18.0 Å². The molecule has 15 heavy (non-hydrogen) atoms. The zero-order valence-electron chi connectivity index (χ0n) is 10.1. The minimum absolute atomic E-state index is 0.0331. The monoisotopic (exact) mass is 210 g/mol. The molecule has 1 heterocycles. The average molecular weight is 210 g/mol. The molecule has 0 radical (unpaired) electrons. The molecule has 1 saturated carbocycles. The van der Waals surface area contributed by atoms with E-state index in [1.54, 1.807) is 0 Å². The van der Waals surface area contributed by atoms with E-state index in [2.05, 4.69) is 13.8 Å². The number of fused-ring (bicyclic) bond motifs is 1. The smallest absolute Gasteiger partial charge is 0.309 e. The molecule has 0 bridgehead atoms. The number of ether oxygens (including phenoxy) is 1. The van der Waals surface area contributed by atoms with Gasteiger partial charge in [0.2, 0.25) is 0 Å². The summed E-state index contributed by atoms with van der Waals surface area (Å²) in [6.45, 7) is 6.61. The second kappa shape index (κ2) is 3.80. The number of hydrogen-bond donors (Lipinski definition) is 0. The number of rotatable bonds is 2. The largest absolute Gasteiger partial charge is 0.462 e. The van der Waals surface area contributed by atoms with E-state index in [1.807, 2.05) is 6.92 Å². The van der Waals surface area contributed by atoms with Gasteiger partial charge in [-0.05, 0) is 31.1 Å². The van der Waals surface area contributed by atoms with Gasteiger partial charge in [-0.1, -0.05) is 27.2 Å². The summed E-state index contributed by atoms with van der Waals surface area (Å²) in [5, 5.41) is 0. The molecule has 4 atom stereocenters. The molecule has 1 saturated heterocycles. The summed E-state index contributed by atoms with van der Waals surface area (Å²) in [6.07, 6.45) is 6.25. The van der Waals surface area contributed by atoms with Crippen LogP contribution in [-0.2, 0) is 9.53 Å². The van der Waals surface area contributed by atoms with E-state index in [1.165, 1.54) is 25.7 Å². The highest BCUT2D eigenvalue weighted by Gasteiger charge is 2.47. The molecule has 0 aromatic heterocycles. The summed E-state index contributed by atoms with van der Waals surface area (Å²) >= 11 is 0. The van der Waals surface area contributed by atoms with Gasteiger partial charge < -0.3 is 4.74 Å². The van der Waals surface area contributed by atoms with Crippen LogP contribution in [0.4, 0.5) is 0 Å². The SMILES string of the molecule is CCCC1(C)CCC2C(C1)OC(=O)C2C. The fourth-order valence-electron chi connectivity index (χ4n) is 3.40. The van der Waals surface area contributed by atoms with Gasteiger partial charge in [0.25, 0.3) is 0 Å². The van der Waals surface area contributed by atoms with E-state index in [0.29, 0.717) is 11.3 Å². The van der Waals surface area contributed by atoms with Crippen LogP contribution < -0.4 is 0 Å². The zero-order valence-corrected chi connectivity index (χ0v) is 10.1. The number of esters is 1. The van der Waals surface area contributed by atoms with Crippen molar-refractivity contribution in [3.63, 3.8) is 0 Å². The molecule has 0 aromatic rings. The van der Waals surface area contributed by atoms with E-state index in [4.69, 9.17) is 4.74 Å². The lowest BCUT2D eigenvalue weighted by Crippen LogP contribution is -2.34. The lowest BCUT2D eigenvalue weighted by Gasteiger charge is -2.39. The molecular formula is C13H22O2. The molecule has 86 valence electrons. The Morgan fingerprint density at radius 1 is 1.53 bits per heavy atom. The number of carbonyl (C=O) groups is 1. The molecule has 0 amide bonds. The van der Waals surface area contributed by atoms with Gasteiger partial charge in [-0.2, -0.15) is 0 Å². The summed E-state index contributed by atoms with van der Waals surface area (Å²) in [7, 11) is 0. The summed E-state index contributed by atoms with van der Waals surface area (Å²) in [4.78, 5) is 11.5. The molecule has 2 fully saturated rings. The van der Waals surface area contributed by atoms with Gasteiger partial charge in [0.15, 0.2) is 0 Å². The molecule has 2 rings (SSSR count). The Morgan fingerprint density at radius 2 is 2.27 bits per heavy atom. The van der Waals surface area contributed by atoms with Gasteiger partial charge in [-0.15, -0.1) is 0 Å². The van der Waals surface area contributed by atoms with Gasteiger partial charge in [-0.3, -0.25) is 4.79 Å². The predicted octanol–water partition coefficient (Wildman–Crippen LogP) is 3.15. The fourth-order valence-corrected chi connectivity index (χ4v) is 3.40. The van der Waals surface area contributed by atoms with Crippen LogP contribution in [0.2, 0.25) is 0 Å². The van der Waals surface area contributed by atoms with Crippen LogP contribution in [0.3, 0.4) is 0 Å². The Kier molecular flexibility index (Phi) is 2.78. The quantitative estimate of drug-likeness (QED) is 0.654. The van der Waals surface area contributed by atoms with Crippen molar-refractivity contribution in [1.82, 2.24) is 0 Å². The molecule has 2 nitrogen and oxygen atoms in total. The molecule has 1 aliphatic carbocycles. The Hall–Kier alpha value is -0.530. The summed E-state index contributed by atoms with van der Waals surface area (Å²) in [6, 6.07) is 0. The molecule has 0 spiro atoms. The third kappa shape index (κ3) is 1.91. The lowest BCUT2D eigenvalue weighted by atomic mass is 9.66. The summed E-state index contributed by atoms with van der Waals surface area (Å²) in [5.41, 5.74) is 0.417. The maximum absolute atomic E-state index is 11.5. The molecular weight excluding hydrogens is 188 g/mol. The predicted molar refractivity (Wildman–Crippen MR) is 59.4 cm³/mol. The van der Waals surface area contributed by atoms with E-state index in [9.17, 15) is 4.79 Å². The van der Waals surface area contributed by atoms with Gasteiger partial charge in [0.05, 0.1) is 5.92 Å². The van der Waals surface area contributed by atoms with Crippen molar-refractivity contribution in [3.8, 4) is 0 Å². The van der Waals surface area contributed by atoms with E-state index < -0.39 is 0 Å². The standard InChI is InChI=1S/C13H22O2/c1-4-6-13(3)7-5-10-9(2)12(14)15-11(10)8-13/h9-11H,4-8H2,1-3H3.